The van der Waals surface area contributed by atoms with Crippen LogP contribution in [0.15, 0.2) is 24.3 Å². The number of nitrogens with one attached hydrogen (secondary N) is 1. The fraction of sp³-hybridized carbons (Fsp3) is 0.533. The molecule has 4 nitrogen and oxygen atoms in total. The molecule has 2 rings (SSSR count). The Kier molecular flexibility index (Phi) is 4.80. The van der Waals surface area contributed by atoms with Crippen molar-refractivity contribution < 1.29 is 9.90 Å². The van der Waals surface area contributed by atoms with E-state index in [1.54, 1.807) is 0 Å². The minimum atomic E-state index is -0.0222. The maximum absolute atomic E-state index is 12.3. The predicted molar refractivity (Wildman–Crippen MR) is 76.2 cm³/mol. The highest BCUT2D eigenvalue weighted by molar-refractivity contribution is 5.89. The summed E-state index contributed by atoms with van der Waals surface area (Å²) in [5, 5.41) is 11.9. The van der Waals surface area contributed by atoms with Gasteiger partial charge in [-0.25, -0.2) is 4.79 Å². The van der Waals surface area contributed by atoms with Gasteiger partial charge in [-0.05, 0) is 50.3 Å². The van der Waals surface area contributed by atoms with Gasteiger partial charge in [0.25, 0.3) is 0 Å². The maximum Gasteiger partial charge on any atom is 0.322 e. The van der Waals surface area contributed by atoms with E-state index < -0.39 is 0 Å². The topological polar surface area (TPSA) is 52.6 Å². The molecule has 2 amide bonds. The molecule has 0 radical (unpaired) electrons. The Bertz CT molecular complexity index is 434. The fourth-order valence-corrected chi connectivity index (χ4v) is 2.65. The summed E-state index contributed by atoms with van der Waals surface area (Å²) in [5.74, 6) is 0. The van der Waals surface area contributed by atoms with Crippen molar-refractivity contribution in [3.63, 3.8) is 0 Å². The van der Waals surface area contributed by atoms with Crippen LogP contribution in [0, 0.1) is 6.92 Å². The number of hydrogen-bond acceptors (Lipinski definition) is 2. The third kappa shape index (κ3) is 3.70. The second-order valence-corrected chi connectivity index (χ2v) is 5.15. The van der Waals surface area contributed by atoms with E-state index in [1.807, 2.05) is 36.1 Å². The first-order valence-corrected chi connectivity index (χ1v) is 6.96. The maximum atomic E-state index is 12.3. The van der Waals surface area contributed by atoms with Crippen molar-refractivity contribution in [1.82, 2.24) is 4.90 Å². The predicted octanol–water partition coefficient (Wildman–Crippen LogP) is 2.76. The molecule has 4 heteroatoms. The highest BCUT2D eigenvalue weighted by atomic mass is 16.3. The van der Waals surface area contributed by atoms with Crippen LogP contribution in [-0.4, -0.2) is 35.2 Å². The molecule has 19 heavy (non-hydrogen) atoms. The van der Waals surface area contributed by atoms with Crippen molar-refractivity contribution in [3.05, 3.63) is 29.8 Å². The average molecular weight is 262 g/mol. The molecule has 0 saturated carbocycles. The van der Waals surface area contributed by atoms with Gasteiger partial charge in [0.1, 0.15) is 0 Å². The Morgan fingerprint density at radius 3 is 3.11 bits per heavy atom. The van der Waals surface area contributed by atoms with Crippen molar-refractivity contribution in [2.45, 2.75) is 38.6 Å². The summed E-state index contributed by atoms with van der Waals surface area (Å²) in [5.41, 5.74) is 1.98. The first-order chi connectivity index (χ1) is 9.20. The van der Waals surface area contributed by atoms with E-state index in [2.05, 4.69) is 5.32 Å². The number of aliphatic hydroxyl groups excluding tert-OH is 1. The monoisotopic (exact) mass is 262 g/mol. The van der Waals surface area contributed by atoms with Crippen LogP contribution in [-0.2, 0) is 0 Å². The normalized spacial score (nSPS) is 18.6. The Morgan fingerprint density at radius 1 is 1.53 bits per heavy atom. The van der Waals surface area contributed by atoms with Crippen molar-refractivity contribution in [1.29, 1.82) is 0 Å². The number of urea groups is 1. The Labute approximate surface area is 114 Å². The quantitative estimate of drug-likeness (QED) is 0.876. The van der Waals surface area contributed by atoms with Gasteiger partial charge in [0.2, 0.25) is 0 Å². The lowest BCUT2D eigenvalue weighted by atomic mass is 10.1. The van der Waals surface area contributed by atoms with Crippen LogP contribution in [0.2, 0.25) is 0 Å². The van der Waals surface area contributed by atoms with Gasteiger partial charge in [-0.15, -0.1) is 0 Å². The van der Waals surface area contributed by atoms with Crippen molar-refractivity contribution in [3.8, 4) is 0 Å². The molecule has 1 aliphatic rings. The Balaban J connectivity index is 1.95. The molecular formula is C15H22N2O2. The van der Waals surface area contributed by atoms with Crippen LogP contribution in [0.3, 0.4) is 0 Å². The first-order valence-electron chi connectivity index (χ1n) is 6.96. The molecule has 0 aromatic heterocycles. The van der Waals surface area contributed by atoms with Gasteiger partial charge in [0.15, 0.2) is 0 Å². The van der Waals surface area contributed by atoms with Crippen LogP contribution in [0.4, 0.5) is 10.5 Å². The summed E-state index contributed by atoms with van der Waals surface area (Å²) >= 11 is 0. The van der Waals surface area contributed by atoms with Gasteiger partial charge in [0.05, 0.1) is 0 Å². The number of amides is 2. The summed E-state index contributed by atoms with van der Waals surface area (Å²) in [6.07, 6.45) is 3.75. The number of rotatable bonds is 4. The van der Waals surface area contributed by atoms with E-state index in [0.717, 1.165) is 43.5 Å². The van der Waals surface area contributed by atoms with Gasteiger partial charge in [-0.2, -0.15) is 0 Å². The van der Waals surface area contributed by atoms with Gasteiger partial charge in [-0.3, -0.25) is 0 Å². The molecule has 1 saturated heterocycles. The van der Waals surface area contributed by atoms with Gasteiger partial charge < -0.3 is 15.3 Å². The third-order valence-electron chi connectivity index (χ3n) is 3.60. The Hall–Kier alpha value is -1.55. The first kappa shape index (κ1) is 13.9. The number of anilines is 1. The SMILES string of the molecule is Cc1cccc(NC(=O)N2CCCC2CCCO)c1. The highest BCUT2D eigenvalue weighted by Gasteiger charge is 2.28. The van der Waals surface area contributed by atoms with Crippen LogP contribution in [0.25, 0.3) is 0 Å². The van der Waals surface area contributed by atoms with Crippen LogP contribution >= 0.6 is 0 Å². The molecule has 1 heterocycles. The van der Waals surface area contributed by atoms with Gasteiger partial charge >= 0.3 is 6.03 Å². The molecule has 1 fully saturated rings. The van der Waals surface area contributed by atoms with Gasteiger partial charge in [-0.1, -0.05) is 12.1 Å². The standard InChI is InChI=1S/C15H22N2O2/c1-12-5-2-6-13(11-12)16-15(19)17-9-3-7-14(17)8-4-10-18/h2,5-6,11,14,18H,3-4,7-10H2,1H3,(H,16,19). The lowest BCUT2D eigenvalue weighted by Crippen LogP contribution is -2.38. The Morgan fingerprint density at radius 2 is 2.37 bits per heavy atom. The number of hydrogen-bond donors (Lipinski definition) is 2. The molecule has 0 bridgehead atoms. The molecule has 1 aliphatic heterocycles. The number of likely N-dealkylation sites (tertiary alicyclic amines) is 1. The number of nitrogens with zero attached hydrogens (tertiary/aromatic N) is 1. The average Bonchev–Trinajstić information content (AvgIpc) is 2.84. The molecule has 1 aromatic carbocycles. The summed E-state index contributed by atoms with van der Waals surface area (Å²) in [7, 11) is 0. The molecule has 1 aromatic rings. The number of carbonyl (C=O) groups excluding carboxylic acids is 1. The van der Waals surface area contributed by atoms with E-state index in [4.69, 9.17) is 5.11 Å². The van der Waals surface area contributed by atoms with Crippen molar-refractivity contribution >= 4 is 11.7 Å². The lowest BCUT2D eigenvalue weighted by Gasteiger charge is -2.25. The van der Waals surface area contributed by atoms with Crippen molar-refractivity contribution in [2.75, 3.05) is 18.5 Å². The smallest absolute Gasteiger partial charge is 0.322 e. The number of carbonyl (C=O) groups is 1. The van der Waals surface area contributed by atoms with E-state index in [-0.39, 0.29) is 18.7 Å². The zero-order valence-electron chi connectivity index (χ0n) is 11.4. The zero-order chi connectivity index (χ0) is 13.7. The van der Waals surface area contributed by atoms with E-state index in [1.165, 1.54) is 0 Å². The summed E-state index contributed by atoms with van der Waals surface area (Å²) < 4.78 is 0. The molecule has 0 spiro atoms. The fourth-order valence-electron chi connectivity index (χ4n) is 2.65. The number of aliphatic hydroxyl groups is 1. The van der Waals surface area contributed by atoms with E-state index in [0.29, 0.717) is 0 Å². The number of benzene rings is 1. The second kappa shape index (κ2) is 6.57. The van der Waals surface area contributed by atoms with E-state index >= 15 is 0 Å². The van der Waals surface area contributed by atoms with Crippen LogP contribution in [0.1, 0.15) is 31.2 Å². The van der Waals surface area contributed by atoms with Crippen LogP contribution < -0.4 is 5.32 Å². The zero-order valence-corrected chi connectivity index (χ0v) is 11.4. The van der Waals surface area contributed by atoms with Gasteiger partial charge in [0, 0.05) is 24.9 Å². The summed E-state index contributed by atoms with van der Waals surface area (Å²) in [6, 6.07) is 8.08. The molecular weight excluding hydrogens is 240 g/mol. The highest BCUT2D eigenvalue weighted by Crippen LogP contribution is 2.22. The molecule has 104 valence electrons. The minimum absolute atomic E-state index is 0.0222. The van der Waals surface area contributed by atoms with E-state index in [9.17, 15) is 4.79 Å². The van der Waals surface area contributed by atoms with Crippen molar-refractivity contribution in [2.24, 2.45) is 0 Å². The lowest BCUT2D eigenvalue weighted by molar-refractivity contribution is 0.197. The minimum Gasteiger partial charge on any atom is -0.396 e. The molecule has 1 unspecified atom stereocenters. The second-order valence-electron chi connectivity index (χ2n) is 5.15. The molecule has 0 aliphatic carbocycles. The summed E-state index contributed by atoms with van der Waals surface area (Å²) in [4.78, 5) is 14.2. The third-order valence-corrected chi connectivity index (χ3v) is 3.60. The largest absolute Gasteiger partial charge is 0.396 e. The number of aryl methyl sites for hydroxylation is 1. The van der Waals surface area contributed by atoms with Crippen LogP contribution in [0.5, 0.6) is 0 Å². The molecule has 1 atom stereocenters. The molecule has 2 N–H and O–H groups in total. The summed E-state index contributed by atoms with van der Waals surface area (Å²) in [6.45, 7) is 3.02.